The fourth-order valence-electron chi connectivity index (χ4n) is 7.84. The second kappa shape index (κ2) is 17.2. The monoisotopic (exact) mass is 750 g/mol. The average molecular weight is 751 g/mol. The molecule has 8 aromatic carbocycles. The maximum absolute atomic E-state index is 5.95. The standard InChI is InChI=1S/C47H38N4.C7H8/c1-32-15-9-10-23-39(32)45-33(2)16-13-25-40(45)36-27-28-44-42(30-36)41-24-11-12-26-43(41)51(44)38-22-14-21-37(29-38)47(49-31-48)50-46(34-17-5-3-6-18-34)35-19-7-4-8-20-35;1-7-5-3-2-4-6-7/h3-31,46H,1-2H3,(H2,48,49,50);2-6H,1H3. The number of aryl methyl sites for hydroxylation is 3. The summed E-state index contributed by atoms with van der Waals surface area (Å²) in [5.41, 5.74) is 21.1. The van der Waals surface area contributed by atoms with Crippen LogP contribution in [0.4, 0.5) is 0 Å². The van der Waals surface area contributed by atoms with E-state index in [9.17, 15) is 0 Å². The van der Waals surface area contributed by atoms with E-state index in [1.165, 1.54) is 56.1 Å². The fourth-order valence-corrected chi connectivity index (χ4v) is 7.84. The predicted molar refractivity (Wildman–Crippen MR) is 246 cm³/mol. The molecular weight excluding hydrogens is 705 g/mol. The van der Waals surface area contributed by atoms with Crippen LogP contribution >= 0.6 is 0 Å². The summed E-state index contributed by atoms with van der Waals surface area (Å²) in [4.78, 5) is 9.86. The SMILES string of the molecule is Cc1ccccc1.Cc1ccccc1-c1c(C)cccc1-c1ccc2c(c1)c1ccccc1n2-c1cccc(C(N=CN)=NC(c2ccccc2)c2ccccc2)c1. The van der Waals surface area contributed by atoms with Crippen LogP contribution < -0.4 is 5.73 Å². The maximum Gasteiger partial charge on any atom is 0.157 e. The van der Waals surface area contributed by atoms with Crippen molar-refractivity contribution in [1.29, 1.82) is 0 Å². The number of benzene rings is 8. The largest absolute Gasteiger partial charge is 0.390 e. The molecule has 0 amide bonds. The summed E-state index contributed by atoms with van der Waals surface area (Å²) in [7, 11) is 0. The molecule has 0 aliphatic carbocycles. The molecule has 0 atom stereocenters. The Balaban J connectivity index is 0.000000608. The summed E-state index contributed by atoms with van der Waals surface area (Å²) in [5.74, 6) is 0.572. The molecule has 0 radical (unpaired) electrons. The summed E-state index contributed by atoms with van der Waals surface area (Å²) in [6.45, 7) is 6.48. The van der Waals surface area contributed by atoms with E-state index in [0.717, 1.165) is 33.4 Å². The van der Waals surface area contributed by atoms with E-state index in [4.69, 9.17) is 10.7 Å². The number of nitrogens with two attached hydrogens (primary N) is 1. The van der Waals surface area contributed by atoms with Gasteiger partial charge in [0.25, 0.3) is 0 Å². The van der Waals surface area contributed by atoms with Crippen LogP contribution in [0.1, 0.15) is 39.4 Å². The predicted octanol–water partition coefficient (Wildman–Crippen LogP) is 13.3. The van der Waals surface area contributed by atoms with Gasteiger partial charge >= 0.3 is 0 Å². The molecule has 0 aliphatic rings. The molecule has 0 bridgehead atoms. The normalized spacial score (nSPS) is 11.6. The van der Waals surface area contributed by atoms with E-state index in [1.54, 1.807) is 0 Å². The second-order valence-electron chi connectivity index (χ2n) is 14.6. The Morgan fingerprint density at radius 2 is 1.10 bits per heavy atom. The van der Waals surface area contributed by atoms with Crippen LogP contribution in [0.3, 0.4) is 0 Å². The first kappa shape index (κ1) is 37.6. The Bertz CT molecular complexity index is 2830. The summed E-state index contributed by atoms with van der Waals surface area (Å²) < 4.78 is 2.34. The molecule has 2 N–H and O–H groups in total. The fraction of sp³-hybridized carbons (Fsp3) is 0.0741. The van der Waals surface area contributed by atoms with Crippen LogP contribution in [0.2, 0.25) is 0 Å². The molecule has 0 spiro atoms. The summed E-state index contributed by atoms with van der Waals surface area (Å²) >= 11 is 0. The van der Waals surface area contributed by atoms with Crippen LogP contribution in [0.15, 0.2) is 210 Å². The minimum absolute atomic E-state index is 0.243. The Hall–Kier alpha value is -7.30. The van der Waals surface area contributed by atoms with Gasteiger partial charge in [0.05, 0.1) is 17.4 Å². The molecular formula is C54H46N4. The zero-order valence-corrected chi connectivity index (χ0v) is 33.1. The third kappa shape index (κ3) is 7.86. The Morgan fingerprint density at radius 1 is 0.517 bits per heavy atom. The van der Waals surface area contributed by atoms with E-state index < -0.39 is 0 Å². The van der Waals surface area contributed by atoms with Gasteiger partial charge in [-0.1, -0.05) is 175 Å². The zero-order valence-electron chi connectivity index (χ0n) is 33.1. The van der Waals surface area contributed by atoms with Gasteiger partial charge in [0, 0.05) is 22.0 Å². The minimum Gasteiger partial charge on any atom is -0.390 e. The molecule has 282 valence electrons. The average Bonchev–Trinajstić information content (AvgIpc) is 3.60. The van der Waals surface area contributed by atoms with Crippen molar-refractivity contribution >= 4 is 34.0 Å². The molecule has 0 fully saturated rings. The van der Waals surface area contributed by atoms with Crippen LogP contribution in [-0.4, -0.2) is 16.7 Å². The van der Waals surface area contributed by atoms with Gasteiger partial charge in [-0.3, -0.25) is 4.99 Å². The molecule has 9 aromatic rings. The topological polar surface area (TPSA) is 55.7 Å². The molecule has 1 heterocycles. The Kier molecular flexibility index (Phi) is 11.2. The van der Waals surface area contributed by atoms with Gasteiger partial charge in [-0.2, -0.15) is 0 Å². The van der Waals surface area contributed by atoms with E-state index in [1.807, 2.05) is 54.6 Å². The van der Waals surface area contributed by atoms with Crippen molar-refractivity contribution in [2.75, 3.05) is 0 Å². The van der Waals surface area contributed by atoms with Crippen molar-refractivity contribution in [3.05, 3.63) is 234 Å². The van der Waals surface area contributed by atoms with Crippen LogP contribution in [0.5, 0.6) is 0 Å². The van der Waals surface area contributed by atoms with E-state index in [2.05, 4.69) is 176 Å². The lowest BCUT2D eigenvalue weighted by Gasteiger charge is -2.16. The smallest absolute Gasteiger partial charge is 0.157 e. The highest BCUT2D eigenvalue weighted by molar-refractivity contribution is 6.11. The van der Waals surface area contributed by atoms with Crippen LogP contribution in [0.25, 0.3) is 49.7 Å². The van der Waals surface area contributed by atoms with Gasteiger partial charge in [0.15, 0.2) is 5.84 Å². The second-order valence-corrected chi connectivity index (χ2v) is 14.6. The molecule has 1 aromatic heterocycles. The number of para-hydroxylation sites is 1. The molecule has 0 aliphatic heterocycles. The molecule has 4 heteroatoms. The molecule has 0 saturated heterocycles. The minimum atomic E-state index is -0.243. The van der Waals surface area contributed by atoms with Crippen molar-refractivity contribution < 1.29 is 0 Å². The number of amidine groups is 1. The Morgan fingerprint density at radius 3 is 1.78 bits per heavy atom. The van der Waals surface area contributed by atoms with Gasteiger partial charge < -0.3 is 10.3 Å². The molecule has 9 rings (SSSR count). The molecule has 58 heavy (non-hydrogen) atoms. The number of rotatable bonds is 7. The molecule has 0 saturated carbocycles. The van der Waals surface area contributed by atoms with Crippen molar-refractivity contribution in [1.82, 2.24) is 4.57 Å². The van der Waals surface area contributed by atoms with E-state index in [0.29, 0.717) is 5.84 Å². The molecule has 0 unspecified atom stereocenters. The summed E-state index contributed by atoms with van der Waals surface area (Å²) in [5, 5.41) is 2.40. The number of nitrogens with zero attached hydrogens (tertiary/aromatic N) is 3. The van der Waals surface area contributed by atoms with Gasteiger partial charge in [-0.25, -0.2) is 4.99 Å². The van der Waals surface area contributed by atoms with Crippen LogP contribution in [-0.2, 0) is 0 Å². The third-order valence-corrected chi connectivity index (χ3v) is 10.7. The maximum atomic E-state index is 5.95. The lowest BCUT2D eigenvalue weighted by atomic mass is 9.88. The zero-order chi connectivity index (χ0) is 39.8. The first-order valence-corrected chi connectivity index (χ1v) is 19.7. The van der Waals surface area contributed by atoms with Crippen molar-refractivity contribution in [2.45, 2.75) is 26.8 Å². The lowest BCUT2D eigenvalue weighted by Crippen LogP contribution is -2.07. The van der Waals surface area contributed by atoms with Gasteiger partial charge in [-0.15, -0.1) is 0 Å². The first-order valence-electron chi connectivity index (χ1n) is 19.7. The van der Waals surface area contributed by atoms with E-state index in [-0.39, 0.29) is 6.04 Å². The quantitative estimate of drug-likeness (QED) is 0.128. The number of fused-ring (bicyclic) bond motifs is 3. The summed E-state index contributed by atoms with van der Waals surface area (Å²) in [6, 6.07) is 69.9. The van der Waals surface area contributed by atoms with Gasteiger partial charge in [0.1, 0.15) is 6.04 Å². The first-order chi connectivity index (χ1) is 28.5. The summed E-state index contributed by atoms with van der Waals surface area (Å²) in [6.07, 6.45) is 1.33. The van der Waals surface area contributed by atoms with Gasteiger partial charge in [0.2, 0.25) is 0 Å². The van der Waals surface area contributed by atoms with Crippen molar-refractivity contribution in [2.24, 2.45) is 15.7 Å². The molecule has 4 nitrogen and oxygen atoms in total. The highest BCUT2D eigenvalue weighted by Crippen LogP contribution is 2.40. The van der Waals surface area contributed by atoms with Crippen molar-refractivity contribution in [3.63, 3.8) is 0 Å². The lowest BCUT2D eigenvalue weighted by molar-refractivity contribution is 0.870. The number of hydrogen-bond donors (Lipinski definition) is 1. The number of aliphatic imine (C=N–C) groups is 2. The highest BCUT2D eigenvalue weighted by Gasteiger charge is 2.18. The highest BCUT2D eigenvalue weighted by atomic mass is 15.0. The third-order valence-electron chi connectivity index (χ3n) is 10.7. The number of aromatic nitrogens is 1. The van der Waals surface area contributed by atoms with Gasteiger partial charge in [-0.05, 0) is 95.6 Å². The van der Waals surface area contributed by atoms with Crippen molar-refractivity contribution in [3.8, 4) is 27.9 Å². The Labute approximate surface area is 341 Å². The number of hydrogen-bond acceptors (Lipinski definition) is 1. The van der Waals surface area contributed by atoms with Crippen LogP contribution in [0, 0.1) is 20.8 Å². The van der Waals surface area contributed by atoms with E-state index >= 15 is 0 Å².